The smallest absolute Gasteiger partial charge is 0.312 e. The number of ether oxygens (including phenoxy) is 2. The number of hydrogen-bond donors (Lipinski definition) is 2. The fourth-order valence-corrected chi connectivity index (χ4v) is 6.45. The molecule has 0 saturated heterocycles. The maximum Gasteiger partial charge on any atom is 0.312 e. The number of ketones is 2. The van der Waals surface area contributed by atoms with Gasteiger partial charge in [0.05, 0.1) is 22.3 Å². The summed E-state index contributed by atoms with van der Waals surface area (Å²) in [6.07, 6.45) is 8.66. The van der Waals surface area contributed by atoms with Crippen molar-refractivity contribution in [3.63, 3.8) is 0 Å². The van der Waals surface area contributed by atoms with Crippen LogP contribution in [0.3, 0.4) is 0 Å². The van der Waals surface area contributed by atoms with E-state index in [1.807, 2.05) is 69.2 Å². The Morgan fingerprint density at radius 2 is 0.787 bits per heavy atom. The van der Waals surface area contributed by atoms with Crippen LogP contribution >= 0.6 is 0 Å². The SMILES string of the molecule is CC(C)(C(=O)O)C1CCC(=O)CC1.CC(C)(C)OC(=O)C(C)(C)C1CCC(=O)CC1.CC(C)(C)OC(=O)C(C)(C)C1CCC(O)CC1. The largest absolute Gasteiger partial charge is 0.481 e. The van der Waals surface area contributed by atoms with E-state index in [0.29, 0.717) is 37.4 Å². The van der Waals surface area contributed by atoms with Gasteiger partial charge in [-0.1, -0.05) is 0 Å². The number of carboxylic acids is 1. The number of aliphatic hydroxyl groups excluding tert-OH is 1. The van der Waals surface area contributed by atoms with Crippen LogP contribution in [0.25, 0.3) is 0 Å². The first-order chi connectivity index (χ1) is 21.2. The van der Waals surface area contributed by atoms with Gasteiger partial charge in [-0.3, -0.25) is 24.0 Å². The van der Waals surface area contributed by atoms with Crippen molar-refractivity contribution in [3.05, 3.63) is 0 Å². The standard InChI is InChI=1S/C14H26O3.C14H24O3.C10H16O3/c2*1-13(2,3)17-12(16)14(4,5)10-6-8-11(15)9-7-10;1-10(2,9(12)13)7-3-5-8(11)6-4-7/h10-11,15H,6-9H2,1-5H3;10H,6-9H2,1-5H3;7H,3-6H2,1-2H3,(H,12,13). The van der Waals surface area contributed by atoms with E-state index in [1.54, 1.807) is 13.8 Å². The first-order valence-electron chi connectivity index (χ1n) is 17.6. The second kappa shape index (κ2) is 16.9. The molecule has 0 aromatic rings. The first-order valence-corrected chi connectivity index (χ1v) is 17.6. The molecule has 272 valence electrons. The number of carboxylic acid groups (broad SMARTS) is 1. The predicted molar refractivity (Wildman–Crippen MR) is 183 cm³/mol. The van der Waals surface area contributed by atoms with Gasteiger partial charge in [0.15, 0.2) is 0 Å². The zero-order valence-electron chi connectivity index (χ0n) is 31.5. The highest BCUT2D eigenvalue weighted by molar-refractivity contribution is 5.81. The lowest BCUT2D eigenvalue weighted by Gasteiger charge is -2.38. The van der Waals surface area contributed by atoms with Gasteiger partial charge in [0, 0.05) is 25.7 Å². The molecule has 0 heterocycles. The number of aliphatic carboxylic acids is 1. The number of rotatable bonds is 6. The van der Waals surface area contributed by atoms with E-state index < -0.39 is 33.4 Å². The molecule has 0 aromatic carbocycles. The van der Waals surface area contributed by atoms with Gasteiger partial charge in [-0.2, -0.15) is 0 Å². The lowest BCUT2D eigenvalue weighted by atomic mass is 9.70. The molecular formula is C38H66O9. The zero-order valence-corrected chi connectivity index (χ0v) is 31.5. The maximum atomic E-state index is 12.2. The summed E-state index contributed by atoms with van der Waals surface area (Å²) >= 11 is 0. The van der Waals surface area contributed by atoms with E-state index >= 15 is 0 Å². The van der Waals surface area contributed by atoms with Crippen LogP contribution in [0.15, 0.2) is 0 Å². The Morgan fingerprint density at radius 1 is 0.511 bits per heavy atom. The Kier molecular flexibility index (Phi) is 15.4. The van der Waals surface area contributed by atoms with Gasteiger partial charge >= 0.3 is 17.9 Å². The van der Waals surface area contributed by atoms with E-state index in [9.17, 15) is 29.1 Å². The van der Waals surface area contributed by atoms with Gasteiger partial charge in [0.2, 0.25) is 0 Å². The monoisotopic (exact) mass is 666 g/mol. The van der Waals surface area contributed by atoms with Crippen molar-refractivity contribution >= 4 is 29.5 Å². The average Bonchev–Trinajstić information content (AvgIpc) is 2.92. The van der Waals surface area contributed by atoms with Gasteiger partial charge in [-0.05, 0) is 152 Å². The Bertz CT molecular complexity index is 1060. The molecule has 0 aliphatic heterocycles. The molecule has 3 aliphatic carbocycles. The summed E-state index contributed by atoms with van der Waals surface area (Å²) < 4.78 is 10.9. The summed E-state index contributed by atoms with van der Waals surface area (Å²) in [5.41, 5.74) is -2.50. The van der Waals surface area contributed by atoms with Crippen molar-refractivity contribution in [3.8, 4) is 0 Å². The van der Waals surface area contributed by atoms with Gasteiger partial charge in [0.1, 0.15) is 22.8 Å². The number of aliphatic hydroxyl groups is 1. The van der Waals surface area contributed by atoms with Crippen LogP contribution in [0.1, 0.15) is 160 Å². The van der Waals surface area contributed by atoms with Crippen LogP contribution in [0, 0.1) is 34.0 Å². The number of Topliss-reactive ketones (excluding diaryl/α,β-unsaturated/α-hetero) is 2. The Morgan fingerprint density at radius 3 is 1.06 bits per heavy atom. The number of esters is 2. The van der Waals surface area contributed by atoms with Crippen LogP contribution in [0.5, 0.6) is 0 Å². The summed E-state index contributed by atoms with van der Waals surface area (Å²) in [5.74, 6) is 0.305. The van der Waals surface area contributed by atoms with Crippen molar-refractivity contribution in [1.82, 2.24) is 0 Å². The molecule has 9 heteroatoms. The molecule has 3 rings (SSSR count). The van der Waals surface area contributed by atoms with Crippen molar-refractivity contribution < 1.29 is 43.7 Å². The topological polar surface area (TPSA) is 144 Å². The first kappa shape index (κ1) is 42.7. The fourth-order valence-electron chi connectivity index (χ4n) is 6.45. The van der Waals surface area contributed by atoms with E-state index in [-0.39, 0.29) is 35.7 Å². The number of carbonyl (C=O) groups excluding carboxylic acids is 4. The molecular weight excluding hydrogens is 600 g/mol. The molecule has 9 nitrogen and oxygen atoms in total. The van der Waals surface area contributed by atoms with Crippen molar-refractivity contribution in [1.29, 1.82) is 0 Å². The van der Waals surface area contributed by atoms with Crippen molar-refractivity contribution in [2.24, 2.45) is 34.0 Å². The summed E-state index contributed by atoms with van der Waals surface area (Å²) in [4.78, 5) is 57.4. The normalized spacial score (nSPS) is 22.2. The van der Waals surface area contributed by atoms with Gasteiger partial charge < -0.3 is 19.7 Å². The summed E-state index contributed by atoms with van der Waals surface area (Å²) in [6.45, 7) is 22.6. The number of hydrogen-bond acceptors (Lipinski definition) is 8. The van der Waals surface area contributed by atoms with Crippen LogP contribution in [0.2, 0.25) is 0 Å². The highest BCUT2D eigenvalue weighted by atomic mass is 16.6. The second-order valence-corrected chi connectivity index (χ2v) is 17.6. The Labute approximate surface area is 284 Å². The van der Waals surface area contributed by atoms with Crippen molar-refractivity contribution in [2.75, 3.05) is 0 Å². The van der Waals surface area contributed by atoms with Gasteiger partial charge in [0.25, 0.3) is 0 Å². The maximum absolute atomic E-state index is 12.2. The third kappa shape index (κ3) is 14.0. The van der Waals surface area contributed by atoms with E-state index in [2.05, 4.69) is 0 Å². The second-order valence-electron chi connectivity index (χ2n) is 17.6. The molecule has 0 amide bonds. The van der Waals surface area contributed by atoms with Crippen LogP contribution in [-0.4, -0.2) is 57.0 Å². The molecule has 3 aliphatic rings. The average molecular weight is 667 g/mol. The lowest BCUT2D eigenvalue weighted by molar-refractivity contribution is -0.171. The predicted octanol–water partition coefficient (Wildman–Crippen LogP) is 7.88. The molecule has 0 spiro atoms. The quantitative estimate of drug-likeness (QED) is 0.271. The van der Waals surface area contributed by atoms with Crippen molar-refractivity contribution in [2.45, 2.75) is 177 Å². The molecule has 0 radical (unpaired) electrons. The van der Waals surface area contributed by atoms with E-state index in [4.69, 9.17) is 14.6 Å². The Balaban J connectivity index is 0.000000356. The highest BCUT2D eigenvalue weighted by Gasteiger charge is 2.42. The molecule has 0 unspecified atom stereocenters. The molecule has 3 fully saturated rings. The van der Waals surface area contributed by atoms with Gasteiger partial charge in [-0.15, -0.1) is 0 Å². The molecule has 47 heavy (non-hydrogen) atoms. The fraction of sp³-hybridized carbons (Fsp3) is 0.868. The number of carbonyl (C=O) groups is 5. The highest BCUT2D eigenvalue weighted by Crippen LogP contribution is 2.41. The molecule has 0 bridgehead atoms. The summed E-state index contributed by atoms with van der Waals surface area (Å²) in [5, 5.41) is 18.5. The molecule has 0 aromatic heterocycles. The summed E-state index contributed by atoms with van der Waals surface area (Å²) in [6, 6.07) is 0. The summed E-state index contributed by atoms with van der Waals surface area (Å²) in [7, 11) is 0. The zero-order chi connectivity index (χ0) is 36.6. The Hall–Kier alpha value is -2.29. The molecule has 3 saturated carbocycles. The minimum atomic E-state index is -0.758. The third-order valence-corrected chi connectivity index (χ3v) is 10.2. The van der Waals surface area contributed by atoms with Gasteiger partial charge in [-0.25, -0.2) is 0 Å². The molecule has 2 N–H and O–H groups in total. The molecule has 0 atom stereocenters. The van der Waals surface area contributed by atoms with Crippen LogP contribution in [0.4, 0.5) is 0 Å². The third-order valence-electron chi connectivity index (χ3n) is 10.2. The minimum Gasteiger partial charge on any atom is -0.481 e. The van der Waals surface area contributed by atoms with Crippen LogP contribution in [-0.2, 0) is 33.4 Å². The van der Waals surface area contributed by atoms with Crippen LogP contribution < -0.4 is 0 Å². The van der Waals surface area contributed by atoms with E-state index in [1.165, 1.54) is 0 Å². The lowest BCUT2D eigenvalue weighted by Crippen LogP contribution is -2.40. The van der Waals surface area contributed by atoms with E-state index in [0.717, 1.165) is 51.4 Å². The minimum absolute atomic E-state index is 0.119.